The lowest BCUT2D eigenvalue weighted by Crippen LogP contribution is -2.37. The van der Waals surface area contributed by atoms with Crippen molar-refractivity contribution in [2.24, 2.45) is 5.73 Å². The second-order valence-electron chi connectivity index (χ2n) is 3.50. The van der Waals surface area contributed by atoms with Crippen molar-refractivity contribution < 1.29 is 22.7 Å². The molecule has 1 atom stereocenters. The molecular weight excluding hydrogens is 262 g/mol. The van der Waals surface area contributed by atoms with Crippen molar-refractivity contribution in [3.63, 3.8) is 0 Å². The molecule has 1 rings (SSSR count). The number of aliphatic hydroxyl groups excluding tert-OH is 1. The minimum absolute atomic E-state index is 0. The number of aryl methyl sites for hydroxylation is 1. The molecule has 7 heteroatoms. The van der Waals surface area contributed by atoms with Crippen LogP contribution in [0.3, 0.4) is 0 Å². The Balaban J connectivity index is 0.00000256. The summed E-state index contributed by atoms with van der Waals surface area (Å²) in [4.78, 5) is 0. The first-order valence-corrected chi connectivity index (χ1v) is 4.50. The Bertz CT molecular complexity index is 400. The van der Waals surface area contributed by atoms with Gasteiger partial charge in [0.05, 0.1) is 6.04 Å². The maximum atomic E-state index is 13.3. The second kappa shape index (κ2) is 5.66. The zero-order valence-electron chi connectivity index (χ0n) is 8.88. The molecule has 0 saturated carbocycles. The van der Waals surface area contributed by atoms with E-state index in [1.807, 2.05) is 0 Å². The van der Waals surface area contributed by atoms with E-state index in [2.05, 4.69) is 0 Å². The lowest BCUT2D eigenvalue weighted by atomic mass is 9.99. The third-order valence-corrected chi connectivity index (χ3v) is 2.31. The molecule has 0 aromatic heterocycles. The second-order valence-corrected chi connectivity index (χ2v) is 3.50. The van der Waals surface area contributed by atoms with Crippen molar-refractivity contribution in [1.29, 1.82) is 0 Å². The molecule has 2 nitrogen and oxygen atoms in total. The fraction of sp³-hybridized carbons (Fsp3) is 0.400. The van der Waals surface area contributed by atoms with Gasteiger partial charge < -0.3 is 10.8 Å². The molecule has 0 radical (unpaired) electrons. The molecule has 0 saturated heterocycles. The number of rotatable bonds is 3. The highest BCUT2D eigenvalue weighted by molar-refractivity contribution is 5.85. The average molecular weight is 274 g/mol. The first kappa shape index (κ1) is 16.1. The summed E-state index contributed by atoms with van der Waals surface area (Å²) in [5.74, 6) is -6.30. The van der Waals surface area contributed by atoms with Gasteiger partial charge in [-0.15, -0.1) is 12.4 Å². The van der Waals surface area contributed by atoms with Gasteiger partial charge in [-0.2, -0.15) is 0 Å². The standard InChI is InChI=1S/C10H11F4NO.ClH/c1-5-2-3-6(8(12)7(5)11)9(15)10(13,14)4-16;/h2-3,9,16H,4,15H2,1H3;1H/t9-;/m1./s1. The van der Waals surface area contributed by atoms with Crippen LogP contribution in [0.5, 0.6) is 0 Å². The van der Waals surface area contributed by atoms with Crippen LogP contribution >= 0.6 is 12.4 Å². The molecule has 0 fully saturated rings. The van der Waals surface area contributed by atoms with Crippen molar-refractivity contribution in [2.75, 3.05) is 6.61 Å². The lowest BCUT2D eigenvalue weighted by Gasteiger charge is -2.22. The summed E-state index contributed by atoms with van der Waals surface area (Å²) >= 11 is 0. The monoisotopic (exact) mass is 273 g/mol. The highest BCUT2D eigenvalue weighted by Crippen LogP contribution is 2.31. The fourth-order valence-electron chi connectivity index (χ4n) is 1.23. The van der Waals surface area contributed by atoms with Gasteiger partial charge in [-0.05, 0) is 12.5 Å². The van der Waals surface area contributed by atoms with Crippen LogP contribution in [0.2, 0.25) is 0 Å². The first-order chi connectivity index (χ1) is 7.31. The Kier molecular flexibility index (Phi) is 5.38. The van der Waals surface area contributed by atoms with Gasteiger partial charge in [-0.1, -0.05) is 12.1 Å². The number of aliphatic hydroxyl groups is 1. The van der Waals surface area contributed by atoms with Crippen molar-refractivity contribution >= 4 is 12.4 Å². The maximum absolute atomic E-state index is 13.3. The summed E-state index contributed by atoms with van der Waals surface area (Å²) in [6.45, 7) is -0.221. The Labute approximate surface area is 102 Å². The maximum Gasteiger partial charge on any atom is 0.289 e. The van der Waals surface area contributed by atoms with Gasteiger partial charge in [-0.25, -0.2) is 17.6 Å². The highest BCUT2D eigenvalue weighted by Gasteiger charge is 2.39. The molecule has 1 aromatic rings. The van der Waals surface area contributed by atoms with E-state index in [1.165, 1.54) is 6.92 Å². The highest BCUT2D eigenvalue weighted by atomic mass is 35.5. The summed E-state index contributed by atoms with van der Waals surface area (Å²) in [7, 11) is 0. The molecule has 98 valence electrons. The smallest absolute Gasteiger partial charge is 0.289 e. The molecule has 0 spiro atoms. The molecule has 17 heavy (non-hydrogen) atoms. The molecule has 0 aliphatic rings. The van der Waals surface area contributed by atoms with Crippen molar-refractivity contribution in [2.45, 2.75) is 18.9 Å². The summed E-state index contributed by atoms with van der Waals surface area (Å²) in [6.07, 6.45) is 0. The van der Waals surface area contributed by atoms with E-state index in [0.29, 0.717) is 0 Å². The molecule has 0 bridgehead atoms. The van der Waals surface area contributed by atoms with Gasteiger partial charge in [0.2, 0.25) is 0 Å². The largest absolute Gasteiger partial charge is 0.390 e. The minimum atomic E-state index is -3.69. The van der Waals surface area contributed by atoms with Crippen LogP contribution in [0.15, 0.2) is 12.1 Å². The fourth-order valence-corrected chi connectivity index (χ4v) is 1.23. The number of halogens is 5. The molecule has 0 heterocycles. The number of hydrogen-bond donors (Lipinski definition) is 2. The van der Waals surface area contributed by atoms with E-state index in [1.54, 1.807) is 0 Å². The van der Waals surface area contributed by atoms with E-state index in [-0.39, 0.29) is 18.0 Å². The number of nitrogens with two attached hydrogens (primary N) is 1. The van der Waals surface area contributed by atoms with E-state index in [4.69, 9.17) is 10.8 Å². The van der Waals surface area contributed by atoms with Gasteiger partial charge in [0.15, 0.2) is 11.6 Å². The minimum Gasteiger partial charge on any atom is -0.390 e. The zero-order chi connectivity index (χ0) is 12.5. The van der Waals surface area contributed by atoms with Gasteiger partial charge >= 0.3 is 0 Å². The van der Waals surface area contributed by atoms with Gasteiger partial charge in [-0.3, -0.25) is 0 Å². The van der Waals surface area contributed by atoms with Crippen LogP contribution < -0.4 is 5.73 Å². The average Bonchev–Trinajstić information content (AvgIpc) is 2.25. The van der Waals surface area contributed by atoms with Crippen LogP contribution in [0.1, 0.15) is 17.2 Å². The summed E-state index contributed by atoms with van der Waals surface area (Å²) < 4.78 is 52.4. The SMILES string of the molecule is Cc1ccc([C@@H](N)C(F)(F)CO)c(F)c1F.Cl. The summed E-state index contributed by atoms with van der Waals surface area (Å²) in [5.41, 5.74) is 4.44. The Morgan fingerprint density at radius 2 is 1.82 bits per heavy atom. The van der Waals surface area contributed by atoms with Crippen molar-refractivity contribution in [3.8, 4) is 0 Å². The van der Waals surface area contributed by atoms with Crippen LogP contribution in [-0.4, -0.2) is 17.6 Å². The normalized spacial score (nSPS) is 13.1. The Hall–Kier alpha value is -0.850. The molecule has 0 aliphatic heterocycles. The van der Waals surface area contributed by atoms with E-state index >= 15 is 0 Å². The lowest BCUT2D eigenvalue weighted by molar-refractivity contribution is -0.0719. The predicted molar refractivity (Wildman–Crippen MR) is 57.3 cm³/mol. The van der Waals surface area contributed by atoms with Gasteiger partial charge in [0.25, 0.3) is 5.92 Å². The zero-order valence-corrected chi connectivity index (χ0v) is 9.70. The molecule has 3 N–H and O–H groups in total. The van der Waals surface area contributed by atoms with E-state index < -0.39 is 35.8 Å². The third kappa shape index (κ3) is 3.08. The van der Waals surface area contributed by atoms with Crippen LogP contribution in [0.4, 0.5) is 17.6 Å². The number of hydrogen-bond acceptors (Lipinski definition) is 2. The Morgan fingerprint density at radius 3 is 2.29 bits per heavy atom. The van der Waals surface area contributed by atoms with Crippen molar-refractivity contribution in [3.05, 3.63) is 34.9 Å². The summed E-state index contributed by atoms with van der Waals surface area (Å²) in [6, 6.07) is 0.0656. The summed E-state index contributed by atoms with van der Waals surface area (Å²) in [5, 5.41) is 8.39. The molecule has 1 aromatic carbocycles. The van der Waals surface area contributed by atoms with Crippen molar-refractivity contribution in [1.82, 2.24) is 0 Å². The quantitative estimate of drug-likeness (QED) is 0.830. The molecule has 0 amide bonds. The molecule has 0 aliphatic carbocycles. The number of alkyl halides is 2. The first-order valence-electron chi connectivity index (χ1n) is 4.50. The molecule has 0 unspecified atom stereocenters. The number of benzene rings is 1. The Morgan fingerprint density at radius 1 is 1.29 bits per heavy atom. The van der Waals surface area contributed by atoms with Gasteiger partial charge in [0.1, 0.15) is 6.61 Å². The van der Waals surface area contributed by atoms with E-state index in [0.717, 1.165) is 12.1 Å². The molecular formula is C10H12ClF4NO. The third-order valence-electron chi connectivity index (χ3n) is 2.31. The van der Waals surface area contributed by atoms with Crippen LogP contribution in [-0.2, 0) is 0 Å². The predicted octanol–water partition coefficient (Wildman–Crippen LogP) is 2.32. The van der Waals surface area contributed by atoms with Crippen LogP contribution in [0, 0.1) is 18.6 Å². The van der Waals surface area contributed by atoms with Gasteiger partial charge in [0, 0.05) is 5.56 Å². The topological polar surface area (TPSA) is 46.2 Å². The van der Waals surface area contributed by atoms with Crippen LogP contribution in [0.25, 0.3) is 0 Å². The van der Waals surface area contributed by atoms with E-state index in [9.17, 15) is 17.6 Å².